The van der Waals surface area contributed by atoms with E-state index >= 15 is 0 Å². The van der Waals surface area contributed by atoms with Gasteiger partial charge < -0.3 is 50.8 Å². The van der Waals surface area contributed by atoms with Gasteiger partial charge in [0.25, 0.3) is 0 Å². The Labute approximate surface area is 484 Å². The van der Waals surface area contributed by atoms with Gasteiger partial charge in [0, 0.05) is 113 Å². The Balaban J connectivity index is 0.974. The highest BCUT2D eigenvalue weighted by Crippen LogP contribution is 2.31. The van der Waals surface area contributed by atoms with Crippen molar-refractivity contribution in [1.82, 2.24) is 30.2 Å². The molecule has 0 radical (unpaired) electrons. The van der Waals surface area contributed by atoms with Gasteiger partial charge in [0.05, 0.1) is 35.6 Å². The normalized spacial score (nSPS) is 14.7. The van der Waals surface area contributed by atoms with E-state index in [9.17, 15) is 28.8 Å². The first-order valence-corrected chi connectivity index (χ1v) is 29.0. The van der Waals surface area contributed by atoms with Crippen LogP contribution in [0.15, 0.2) is 48.5 Å². The van der Waals surface area contributed by atoms with Gasteiger partial charge in [-0.3, -0.25) is 29.0 Å². The van der Waals surface area contributed by atoms with Gasteiger partial charge in [-0.15, -0.1) is 0 Å². The number of halogens is 2. The number of methoxy groups -OCH3 is 2. The number of nitrogens with zero attached hydrogens (tertiary/aromatic N) is 4. The summed E-state index contributed by atoms with van der Waals surface area (Å²) in [6.07, 6.45) is 8.04. The topological polar surface area (TPSA) is 228 Å². The van der Waals surface area contributed by atoms with Gasteiger partial charge in [-0.05, 0) is 87.5 Å². The van der Waals surface area contributed by atoms with E-state index in [1.165, 1.54) is 49.6 Å². The molecule has 2 aliphatic heterocycles. The number of piperidine rings is 2. The molecule has 0 atom stereocenters. The molecule has 2 heterocycles. The standard InChI is InChI=1S/C60H88Cl2N8O10/c1-59(2,3)57(75)69(26-12-18-53(71)65-43-20-28-67(29-21-43)32-34-79-55(73)45-37-47(61)49(63)39-51(45)77-7)24-10-16-41-14-9-15-42(36-41)17-11-25-70(58(76)60(4,5)6)27-13-19-54(72)66-44-22-30-68(31-23-44)33-35-80-56(74)46-38-48(62)50(64)40-52(46)78-8/h9,14-15,36-40,43-44H,10-13,16-35,63-64H2,1-8H3,(H,65,71)(H,66,72). The lowest BCUT2D eigenvalue weighted by Gasteiger charge is -2.32. The lowest BCUT2D eigenvalue weighted by molar-refractivity contribution is -0.140. The van der Waals surface area contributed by atoms with Gasteiger partial charge in [0.15, 0.2) is 0 Å². The first-order chi connectivity index (χ1) is 37.9. The summed E-state index contributed by atoms with van der Waals surface area (Å²) in [6.45, 7) is 18.3. The number of carbonyl (C=O) groups is 6. The number of nitrogen functional groups attached to an aromatic ring is 2. The van der Waals surface area contributed by atoms with Crippen LogP contribution in [0.25, 0.3) is 0 Å². The maximum atomic E-state index is 13.6. The number of esters is 2. The third-order valence-corrected chi connectivity index (χ3v) is 15.2. The molecule has 442 valence electrons. The Kier molecular flexibility index (Phi) is 25.5. The summed E-state index contributed by atoms with van der Waals surface area (Å²) in [7, 11) is 2.90. The highest BCUT2D eigenvalue weighted by Gasteiger charge is 2.30. The van der Waals surface area contributed by atoms with E-state index < -0.39 is 22.8 Å². The van der Waals surface area contributed by atoms with E-state index in [0.717, 1.165) is 77.5 Å². The number of anilines is 2. The fourth-order valence-electron chi connectivity index (χ4n) is 10.0. The van der Waals surface area contributed by atoms with Crippen LogP contribution >= 0.6 is 23.2 Å². The van der Waals surface area contributed by atoms with Crippen LogP contribution in [-0.4, -0.2) is 160 Å². The lowest BCUT2D eigenvalue weighted by atomic mass is 9.94. The van der Waals surface area contributed by atoms with E-state index in [4.69, 9.17) is 53.6 Å². The lowest BCUT2D eigenvalue weighted by Crippen LogP contribution is -2.45. The van der Waals surface area contributed by atoms with Crippen molar-refractivity contribution in [3.05, 3.63) is 80.8 Å². The SMILES string of the molecule is COc1cc(N)c(Cl)cc1C(=O)OCCN1CCC(NC(=O)CCCN(CCCc2cccc(CCCN(CCCC(=O)NC3CCN(CCOC(=O)c4cc(Cl)c(N)cc4OC)CC3)C(=O)C(C)(C)C)c2)C(=O)C(C)(C)C)CC1. The largest absolute Gasteiger partial charge is 0.496 e. The molecule has 2 aliphatic rings. The van der Waals surface area contributed by atoms with E-state index in [1.54, 1.807) is 0 Å². The molecule has 3 aromatic rings. The zero-order chi connectivity index (χ0) is 58.6. The number of benzene rings is 3. The molecule has 4 amide bonds. The van der Waals surface area contributed by atoms with E-state index in [0.29, 0.717) is 87.8 Å². The number of carbonyl (C=O) groups excluding carboxylic acids is 6. The molecule has 2 saturated heterocycles. The van der Waals surface area contributed by atoms with Crippen molar-refractivity contribution >= 4 is 70.1 Å². The number of hydrogen-bond donors (Lipinski definition) is 4. The number of rotatable bonds is 28. The molecular weight excluding hydrogens is 1060 g/mol. The molecule has 0 aromatic heterocycles. The number of aryl methyl sites for hydroxylation is 2. The van der Waals surface area contributed by atoms with Crippen molar-refractivity contribution in [3.8, 4) is 11.5 Å². The van der Waals surface area contributed by atoms with Crippen LogP contribution in [0.1, 0.15) is 138 Å². The Morgan fingerprint density at radius 2 is 0.938 bits per heavy atom. The molecule has 0 saturated carbocycles. The summed E-state index contributed by atoms with van der Waals surface area (Å²) >= 11 is 12.2. The number of ether oxygens (including phenoxy) is 4. The summed E-state index contributed by atoms with van der Waals surface area (Å²) in [4.78, 5) is 87.1. The predicted molar refractivity (Wildman–Crippen MR) is 314 cm³/mol. The first-order valence-electron chi connectivity index (χ1n) is 28.3. The van der Waals surface area contributed by atoms with Crippen LogP contribution in [0.4, 0.5) is 11.4 Å². The Morgan fingerprint density at radius 1 is 0.575 bits per heavy atom. The predicted octanol–water partition coefficient (Wildman–Crippen LogP) is 8.23. The zero-order valence-corrected chi connectivity index (χ0v) is 50.0. The van der Waals surface area contributed by atoms with Crippen LogP contribution in [0.2, 0.25) is 10.0 Å². The number of nitrogens with two attached hydrogens (primary N) is 2. The van der Waals surface area contributed by atoms with Crippen LogP contribution < -0.4 is 31.6 Å². The maximum absolute atomic E-state index is 13.6. The quantitative estimate of drug-likeness (QED) is 0.0397. The first kappa shape index (κ1) is 65.0. The van der Waals surface area contributed by atoms with Crippen molar-refractivity contribution < 1.29 is 47.7 Å². The van der Waals surface area contributed by atoms with Gasteiger partial charge in [-0.25, -0.2) is 9.59 Å². The molecule has 80 heavy (non-hydrogen) atoms. The summed E-state index contributed by atoms with van der Waals surface area (Å²) < 4.78 is 21.6. The van der Waals surface area contributed by atoms with Gasteiger partial charge in [0.1, 0.15) is 35.8 Å². The van der Waals surface area contributed by atoms with Crippen LogP contribution in [-0.2, 0) is 41.5 Å². The van der Waals surface area contributed by atoms with E-state index in [1.807, 2.05) is 51.3 Å². The minimum Gasteiger partial charge on any atom is -0.496 e. The van der Waals surface area contributed by atoms with Crippen LogP contribution in [0.3, 0.4) is 0 Å². The van der Waals surface area contributed by atoms with Crippen molar-refractivity contribution in [2.24, 2.45) is 10.8 Å². The van der Waals surface area contributed by atoms with Crippen LogP contribution in [0, 0.1) is 10.8 Å². The zero-order valence-electron chi connectivity index (χ0n) is 48.5. The molecular formula is C60H88Cl2N8O10. The number of amides is 4. The Morgan fingerprint density at radius 3 is 1.29 bits per heavy atom. The third-order valence-electron chi connectivity index (χ3n) is 14.6. The molecule has 0 unspecified atom stereocenters. The van der Waals surface area contributed by atoms with Crippen molar-refractivity contribution in [2.45, 2.75) is 131 Å². The second-order valence-corrected chi connectivity index (χ2v) is 23.9. The second-order valence-electron chi connectivity index (χ2n) is 23.1. The minimum absolute atomic E-state index is 0.0198. The van der Waals surface area contributed by atoms with Gasteiger partial charge in [0.2, 0.25) is 23.6 Å². The third kappa shape index (κ3) is 20.9. The highest BCUT2D eigenvalue weighted by atomic mass is 35.5. The molecule has 0 bridgehead atoms. The molecule has 3 aromatic carbocycles. The minimum atomic E-state index is -0.560. The molecule has 5 rings (SSSR count). The van der Waals surface area contributed by atoms with Crippen molar-refractivity contribution in [1.29, 1.82) is 0 Å². The molecule has 20 heteroatoms. The summed E-state index contributed by atoms with van der Waals surface area (Å²) in [5.74, 6) is -0.388. The average molecular weight is 1150 g/mol. The maximum Gasteiger partial charge on any atom is 0.342 e. The van der Waals surface area contributed by atoms with E-state index in [-0.39, 0.29) is 70.1 Å². The van der Waals surface area contributed by atoms with Gasteiger partial charge in [-0.2, -0.15) is 0 Å². The number of likely N-dealkylation sites (tertiary alicyclic amines) is 2. The Bertz CT molecular complexity index is 2390. The summed E-state index contributed by atoms with van der Waals surface area (Å²) in [5, 5.41) is 6.89. The molecule has 18 nitrogen and oxygen atoms in total. The van der Waals surface area contributed by atoms with Crippen LogP contribution in [0.5, 0.6) is 11.5 Å². The van der Waals surface area contributed by atoms with Crippen molar-refractivity contribution in [2.75, 3.05) is 104 Å². The summed E-state index contributed by atoms with van der Waals surface area (Å²) in [5.41, 5.74) is 14.0. The second kappa shape index (κ2) is 31.4. The van der Waals surface area contributed by atoms with E-state index in [2.05, 4.69) is 44.7 Å². The monoisotopic (exact) mass is 1150 g/mol. The summed E-state index contributed by atoms with van der Waals surface area (Å²) in [6, 6.07) is 14.5. The molecule has 6 N–H and O–H groups in total. The number of hydrogen-bond acceptors (Lipinski definition) is 14. The fraction of sp³-hybridized carbons (Fsp3) is 0.600. The smallest absolute Gasteiger partial charge is 0.342 e. The molecule has 2 fully saturated rings. The highest BCUT2D eigenvalue weighted by molar-refractivity contribution is 6.34. The Hall–Kier alpha value is -5.82. The average Bonchev–Trinajstić information content (AvgIpc) is 3.41. The van der Waals surface area contributed by atoms with Crippen molar-refractivity contribution in [3.63, 3.8) is 0 Å². The van der Waals surface area contributed by atoms with Gasteiger partial charge in [-0.1, -0.05) is 89.0 Å². The molecule has 0 aliphatic carbocycles. The molecule has 0 spiro atoms. The van der Waals surface area contributed by atoms with Gasteiger partial charge >= 0.3 is 11.9 Å². The fourth-order valence-corrected chi connectivity index (χ4v) is 10.3. The number of nitrogens with one attached hydrogen (secondary N) is 2.